The van der Waals surface area contributed by atoms with Crippen LogP contribution in [-0.2, 0) is 4.92 Å². The SMILES string of the molecule is C.CC.CC.Oc1ccccc1.[I][V]([I])[I]. The first-order valence-corrected chi connectivity index (χ1v) is 18.2. The molecule has 0 saturated carbocycles. The summed E-state index contributed by atoms with van der Waals surface area (Å²) < 4.78 is 0. The van der Waals surface area contributed by atoms with Crippen LogP contribution in [0.4, 0.5) is 0 Å². The second-order valence-corrected chi connectivity index (χ2v) is 36.9. The zero-order valence-corrected chi connectivity index (χ0v) is 17.3. The van der Waals surface area contributed by atoms with Gasteiger partial charge >= 0.3 is 64.9 Å². The Labute approximate surface area is 139 Å². The predicted molar refractivity (Wildman–Crippen MR) is 99.6 cm³/mol. The Hall–Kier alpha value is 1.79. The Morgan fingerprint density at radius 2 is 1.12 bits per heavy atom. The van der Waals surface area contributed by atoms with Crippen molar-refractivity contribution in [2.75, 3.05) is 0 Å². The minimum atomic E-state index is -0.278. The summed E-state index contributed by atoms with van der Waals surface area (Å²) in [5.74, 6) is 0.322. The van der Waals surface area contributed by atoms with E-state index < -0.39 is 0 Å². The molecule has 16 heavy (non-hydrogen) atoms. The molecule has 0 saturated heterocycles. The maximum absolute atomic E-state index is 8.63. The van der Waals surface area contributed by atoms with Crippen molar-refractivity contribution in [3.8, 4) is 5.75 Å². The van der Waals surface area contributed by atoms with Gasteiger partial charge in [0.1, 0.15) is 5.75 Å². The van der Waals surface area contributed by atoms with Gasteiger partial charge in [0.05, 0.1) is 0 Å². The van der Waals surface area contributed by atoms with Crippen LogP contribution in [0.25, 0.3) is 0 Å². The van der Waals surface area contributed by atoms with Gasteiger partial charge in [0.2, 0.25) is 0 Å². The summed E-state index contributed by atoms with van der Waals surface area (Å²) in [4.78, 5) is -0.278. The molecule has 0 aliphatic rings. The van der Waals surface area contributed by atoms with Gasteiger partial charge in [-0.15, -0.1) is 0 Å². The summed E-state index contributed by atoms with van der Waals surface area (Å²) in [5.41, 5.74) is 0. The average Bonchev–Trinajstić information content (AvgIpc) is 2.24. The number of para-hydroxylation sites is 1. The zero-order chi connectivity index (χ0) is 12.7. The second-order valence-electron chi connectivity index (χ2n) is 1.53. The standard InChI is InChI=1S/C6H6O.2C2H6.CH4.3HI.V/c7-6-4-2-1-3-5-6;2*1-2;;;;;/h1-5,7H;2*1-2H3;1H4;3*1H;/q;;;;;;;+3/p-3. The van der Waals surface area contributed by atoms with Gasteiger partial charge in [0.25, 0.3) is 0 Å². The van der Waals surface area contributed by atoms with Crippen LogP contribution in [0.3, 0.4) is 0 Å². The Bertz CT molecular complexity index is 181. The molecule has 0 bridgehead atoms. The molecule has 0 spiro atoms. The minimum absolute atomic E-state index is 0. The number of hydrogen-bond acceptors (Lipinski definition) is 1. The molecule has 1 N–H and O–H groups in total. The quantitative estimate of drug-likeness (QED) is 0.327. The van der Waals surface area contributed by atoms with Crippen LogP contribution in [0, 0.1) is 0 Å². The van der Waals surface area contributed by atoms with Crippen molar-refractivity contribution in [1.29, 1.82) is 0 Å². The van der Waals surface area contributed by atoms with Gasteiger partial charge in [-0.2, -0.15) is 0 Å². The van der Waals surface area contributed by atoms with E-state index in [2.05, 4.69) is 59.9 Å². The van der Waals surface area contributed by atoms with E-state index in [9.17, 15) is 0 Å². The van der Waals surface area contributed by atoms with Gasteiger partial charge in [-0.1, -0.05) is 53.3 Å². The molecular formula is C11H22I3OV. The summed E-state index contributed by atoms with van der Waals surface area (Å²) in [6.07, 6.45) is 0. The van der Waals surface area contributed by atoms with Crippen molar-refractivity contribution in [2.45, 2.75) is 35.1 Å². The summed E-state index contributed by atoms with van der Waals surface area (Å²) in [6, 6.07) is 8.71. The first-order chi connectivity index (χ1) is 7.13. The van der Waals surface area contributed by atoms with Gasteiger partial charge < -0.3 is 5.11 Å². The zero-order valence-electron chi connectivity index (χ0n) is 9.42. The number of rotatable bonds is 0. The third-order valence-corrected chi connectivity index (χ3v) is 0.756. The molecule has 0 amide bonds. The molecule has 1 nitrogen and oxygen atoms in total. The molecule has 0 heterocycles. The van der Waals surface area contributed by atoms with Crippen molar-refractivity contribution in [2.24, 2.45) is 0 Å². The number of hydrogen-bond donors (Lipinski definition) is 1. The summed E-state index contributed by atoms with van der Waals surface area (Å²) in [7, 11) is 0. The molecule has 0 aromatic heterocycles. The van der Waals surface area contributed by atoms with Gasteiger partial charge in [-0.25, -0.2) is 0 Å². The van der Waals surface area contributed by atoms with E-state index in [0.29, 0.717) is 5.75 Å². The van der Waals surface area contributed by atoms with Crippen LogP contribution < -0.4 is 0 Å². The van der Waals surface area contributed by atoms with Crippen molar-refractivity contribution in [3.05, 3.63) is 30.3 Å². The topological polar surface area (TPSA) is 20.2 Å². The van der Waals surface area contributed by atoms with Gasteiger partial charge in [-0.3, -0.25) is 0 Å². The molecule has 1 rings (SSSR count). The fourth-order valence-corrected chi connectivity index (χ4v) is 0.428. The molecule has 98 valence electrons. The number of phenolic OH excluding ortho intramolecular Hbond substituents is 1. The van der Waals surface area contributed by atoms with Crippen LogP contribution in [-0.4, -0.2) is 5.11 Å². The predicted octanol–water partition coefficient (Wildman–Crippen LogP) is 6.74. The van der Waals surface area contributed by atoms with E-state index in [4.69, 9.17) is 5.11 Å². The molecule has 5 heteroatoms. The Balaban J connectivity index is -0.0000000702. The average molecular weight is 602 g/mol. The van der Waals surface area contributed by atoms with Crippen molar-refractivity contribution in [1.82, 2.24) is 0 Å². The maximum atomic E-state index is 8.63. The van der Waals surface area contributed by atoms with Gasteiger partial charge in [0, 0.05) is 0 Å². The fraction of sp³-hybridized carbons (Fsp3) is 0.455. The third-order valence-electron chi connectivity index (χ3n) is 0.756. The molecule has 0 unspecified atom stereocenters. The van der Waals surface area contributed by atoms with Gasteiger partial charge in [0.15, 0.2) is 0 Å². The van der Waals surface area contributed by atoms with Crippen molar-refractivity contribution < 1.29 is 10.0 Å². The van der Waals surface area contributed by atoms with Crippen LogP contribution in [0.15, 0.2) is 30.3 Å². The third kappa shape index (κ3) is 36.0. The molecular weight excluding hydrogens is 580 g/mol. The van der Waals surface area contributed by atoms with Crippen LogP contribution in [0.5, 0.6) is 5.75 Å². The van der Waals surface area contributed by atoms with E-state index in [0.717, 1.165) is 0 Å². The molecule has 0 radical (unpaired) electrons. The van der Waals surface area contributed by atoms with E-state index in [1.165, 1.54) is 0 Å². The monoisotopic (exact) mass is 602 g/mol. The molecule has 1 aromatic carbocycles. The Morgan fingerprint density at radius 3 is 1.25 bits per heavy atom. The first kappa shape index (κ1) is 26.4. The summed E-state index contributed by atoms with van der Waals surface area (Å²) in [6.45, 7) is 8.00. The van der Waals surface area contributed by atoms with E-state index >= 15 is 0 Å². The van der Waals surface area contributed by atoms with E-state index in [1.807, 2.05) is 33.8 Å². The normalized spacial score (nSPS) is 6.75. The van der Waals surface area contributed by atoms with E-state index in [1.54, 1.807) is 24.3 Å². The Kier molecular flexibility index (Phi) is 42.2. The molecule has 0 fully saturated rings. The number of phenols is 1. The summed E-state index contributed by atoms with van der Waals surface area (Å²) >= 11 is 7.39. The fourth-order valence-electron chi connectivity index (χ4n) is 0.428. The van der Waals surface area contributed by atoms with Crippen LogP contribution >= 0.6 is 59.9 Å². The Morgan fingerprint density at radius 1 is 0.875 bits per heavy atom. The molecule has 1 aromatic rings. The number of halogens is 3. The van der Waals surface area contributed by atoms with Crippen molar-refractivity contribution in [3.63, 3.8) is 0 Å². The number of aromatic hydroxyl groups is 1. The van der Waals surface area contributed by atoms with Gasteiger partial charge in [-0.05, 0) is 12.1 Å². The van der Waals surface area contributed by atoms with Crippen LogP contribution in [0.2, 0.25) is 0 Å². The second kappa shape index (κ2) is 25.6. The van der Waals surface area contributed by atoms with Crippen LogP contribution in [0.1, 0.15) is 35.1 Å². The molecule has 0 aliphatic heterocycles. The van der Waals surface area contributed by atoms with E-state index in [-0.39, 0.29) is 12.3 Å². The first-order valence-electron chi connectivity index (χ1n) is 4.64. The molecule has 0 aliphatic carbocycles. The summed E-state index contributed by atoms with van der Waals surface area (Å²) in [5, 5.41) is 8.63. The molecule has 0 atom stereocenters. The number of benzene rings is 1. The van der Waals surface area contributed by atoms with Crippen molar-refractivity contribution >= 4 is 59.9 Å².